The fraction of sp³-hybridized carbons (Fsp3) is 0.615. The second-order valence-electron chi connectivity index (χ2n) is 4.44. The molecule has 0 aliphatic heterocycles. The molecule has 0 spiro atoms. The van der Waals surface area contributed by atoms with Crippen LogP contribution >= 0.6 is 11.3 Å². The molecule has 0 amide bonds. The molecule has 106 valence electrons. The van der Waals surface area contributed by atoms with Crippen molar-refractivity contribution in [2.75, 3.05) is 20.3 Å². The zero-order valence-electron chi connectivity index (χ0n) is 11.3. The monoisotopic (exact) mass is 283 g/mol. The van der Waals surface area contributed by atoms with Gasteiger partial charge in [0.05, 0.1) is 7.11 Å². The van der Waals surface area contributed by atoms with Crippen molar-refractivity contribution in [2.45, 2.75) is 32.2 Å². The average Bonchev–Trinajstić information content (AvgIpc) is 2.99. The third kappa shape index (κ3) is 3.68. The molecular formula is C13H21N3O2S. The Bertz CT molecular complexity index is 495. The lowest BCUT2D eigenvalue weighted by Gasteiger charge is -2.05. The summed E-state index contributed by atoms with van der Waals surface area (Å²) in [6.45, 7) is 2.05. The first-order chi connectivity index (χ1) is 9.36. The Morgan fingerprint density at radius 3 is 3.00 bits per heavy atom. The van der Waals surface area contributed by atoms with E-state index < -0.39 is 0 Å². The van der Waals surface area contributed by atoms with Gasteiger partial charge in [-0.15, -0.1) is 11.3 Å². The number of nitrogens with one attached hydrogen (secondary N) is 1. The minimum absolute atomic E-state index is 0.302. The first-order valence-electron chi connectivity index (χ1n) is 6.67. The van der Waals surface area contributed by atoms with Crippen LogP contribution in [0.5, 0.6) is 5.88 Å². The zero-order valence-corrected chi connectivity index (χ0v) is 12.1. The van der Waals surface area contributed by atoms with Crippen LogP contribution < -0.4 is 10.1 Å². The molecule has 2 N–H and O–H groups in total. The second kappa shape index (κ2) is 7.47. The predicted octanol–water partition coefficient (Wildman–Crippen LogP) is 2.05. The molecule has 0 atom stereocenters. The van der Waals surface area contributed by atoms with E-state index in [1.165, 1.54) is 0 Å². The van der Waals surface area contributed by atoms with Gasteiger partial charge in [0.15, 0.2) is 4.96 Å². The topological polar surface area (TPSA) is 58.8 Å². The molecule has 0 aliphatic carbocycles. The number of imidazole rings is 1. The van der Waals surface area contributed by atoms with Crippen molar-refractivity contribution in [2.24, 2.45) is 0 Å². The lowest BCUT2D eigenvalue weighted by atomic mass is 10.2. The summed E-state index contributed by atoms with van der Waals surface area (Å²) in [6, 6.07) is 0. The highest BCUT2D eigenvalue weighted by Gasteiger charge is 2.12. The van der Waals surface area contributed by atoms with Gasteiger partial charge in [-0.05, 0) is 19.4 Å². The van der Waals surface area contributed by atoms with Crippen LogP contribution in [0.15, 0.2) is 11.6 Å². The van der Waals surface area contributed by atoms with Crippen molar-refractivity contribution in [3.05, 3.63) is 17.3 Å². The fourth-order valence-corrected chi connectivity index (χ4v) is 2.78. The maximum atomic E-state index is 8.69. The molecule has 0 aromatic carbocycles. The number of ether oxygens (including phenoxy) is 1. The van der Waals surface area contributed by atoms with Gasteiger partial charge in [-0.1, -0.05) is 12.8 Å². The van der Waals surface area contributed by atoms with Gasteiger partial charge in [0.1, 0.15) is 5.69 Å². The van der Waals surface area contributed by atoms with Crippen LogP contribution in [0, 0.1) is 0 Å². The van der Waals surface area contributed by atoms with Gasteiger partial charge in [0, 0.05) is 24.7 Å². The summed E-state index contributed by atoms with van der Waals surface area (Å²) in [5, 5.41) is 14.1. The van der Waals surface area contributed by atoms with E-state index >= 15 is 0 Å². The molecule has 19 heavy (non-hydrogen) atoms. The van der Waals surface area contributed by atoms with Crippen molar-refractivity contribution in [1.29, 1.82) is 0 Å². The minimum Gasteiger partial charge on any atom is -0.480 e. The molecule has 2 aromatic rings. The Hall–Kier alpha value is -1.11. The van der Waals surface area contributed by atoms with Crippen LogP contribution in [0.25, 0.3) is 4.96 Å². The van der Waals surface area contributed by atoms with E-state index in [1.807, 2.05) is 11.6 Å². The number of hydrogen-bond donors (Lipinski definition) is 2. The van der Waals surface area contributed by atoms with Crippen LogP contribution in [-0.2, 0) is 6.54 Å². The van der Waals surface area contributed by atoms with Gasteiger partial charge in [-0.2, -0.15) is 4.98 Å². The maximum Gasteiger partial charge on any atom is 0.237 e. The molecule has 5 nitrogen and oxygen atoms in total. The van der Waals surface area contributed by atoms with Crippen LogP contribution in [0.2, 0.25) is 0 Å². The van der Waals surface area contributed by atoms with Crippen molar-refractivity contribution in [1.82, 2.24) is 14.7 Å². The van der Waals surface area contributed by atoms with Gasteiger partial charge < -0.3 is 15.2 Å². The summed E-state index contributed by atoms with van der Waals surface area (Å²) in [7, 11) is 1.66. The van der Waals surface area contributed by atoms with Crippen molar-refractivity contribution in [3.8, 4) is 5.88 Å². The predicted molar refractivity (Wildman–Crippen MR) is 76.9 cm³/mol. The first kappa shape index (κ1) is 14.3. The molecule has 2 heterocycles. The van der Waals surface area contributed by atoms with Crippen LogP contribution in [0.3, 0.4) is 0 Å². The highest BCUT2D eigenvalue weighted by molar-refractivity contribution is 7.15. The summed E-state index contributed by atoms with van der Waals surface area (Å²) in [5.41, 5.74) is 1.08. The van der Waals surface area contributed by atoms with Gasteiger partial charge in [-0.25, -0.2) is 0 Å². The summed E-state index contributed by atoms with van der Waals surface area (Å²) < 4.78 is 7.38. The molecule has 0 aliphatic rings. The number of nitrogens with zero attached hydrogens (tertiary/aromatic N) is 2. The van der Waals surface area contributed by atoms with Crippen molar-refractivity contribution < 1.29 is 9.84 Å². The number of fused-ring (bicyclic) bond motifs is 1. The molecule has 6 heteroatoms. The summed E-state index contributed by atoms with van der Waals surface area (Å²) in [4.78, 5) is 5.39. The molecule has 2 rings (SSSR count). The molecular weight excluding hydrogens is 262 g/mol. The van der Waals surface area contributed by atoms with Gasteiger partial charge >= 0.3 is 0 Å². The average molecular weight is 283 g/mol. The van der Waals surface area contributed by atoms with Crippen molar-refractivity contribution >= 4 is 16.3 Å². The Balaban J connectivity index is 1.79. The number of thiazole rings is 1. The Labute approximate surface area is 117 Å². The largest absolute Gasteiger partial charge is 0.480 e. The highest BCUT2D eigenvalue weighted by Crippen LogP contribution is 2.22. The lowest BCUT2D eigenvalue weighted by molar-refractivity contribution is 0.282. The van der Waals surface area contributed by atoms with E-state index in [2.05, 4.69) is 14.7 Å². The van der Waals surface area contributed by atoms with E-state index in [0.717, 1.165) is 49.4 Å². The number of aromatic nitrogens is 2. The van der Waals surface area contributed by atoms with Gasteiger partial charge in [-0.3, -0.25) is 4.40 Å². The van der Waals surface area contributed by atoms with Crippen LogP contribution in [-0.4, -0.2) is 34.8 Å². The third-order valence-corrected chi connectivity index (χ3v) is 3.83. The lowest BCUT2D eigenvalue weighted by Crippen LogP contribution is -2.16. The standard InChI is InChI=1S/C13H21N3O2S/c1-18-12-11(16-7-9-19-13(16)15-12)10-14-6-4-2-3-5-8-17/h7,9,14,17H,2-6,8,10H2,1H3. The Morgan fingerprint density at radius 2 is 2.21 bits per heavy atom. The molecule has 0 radical (unpaired) electrons. The maximum absolute atomic E-state index is 8.69. The summed E-state index contributed by atoms with van der Waals surface area (Å²) in [5.74, 6) is 0.708. The van der Waals surface area contributed by atoms with Gasteiger partial charge in [0.2, 0.25) is 5.88 Å². The smallest absolute Gasteiger partial charge is 0.237 e. The zero-order chi connectivity index (χ0) is 13.5. The number of rotatable bonds is 9. The molecule has 2 aromatic heterocycles. The minimum atomic E-state index is 0.302. The second-order valence-corrected chi connectivity index (χ2v) is 5.31. The van der Waals surface area contributed by atoms with E-state index in [-0.39, 0.29) is 0 Å². The SMILES string of the molecule is COc1nc2sccn2c1CNCCCCCCO. The summed E-state index contributed by atoms with van der Waals surface area (Å²) >= 11 is 1.61. The van der Waals surface area contributed by atoms with Crippen molar-refractivity contribution in [3.63, 3.8) is 0 Å². The number of aliphatic hydroxyl groups is 1. The first-order valence-corrected chi connectivity index (χ1v) is 7.54. The molecule has 0 bridgehead atoms. The number of aliphatic hydroxyl groups excluding tert-OH is 1. The third-order valence-electron chi connectivity index (χ3n) is 3.07. The summed E-state index contributed by atoms with van der Waals surface area (Å²) in [6.07, 6.45) is 6.32. The normalized spacial score (nSPS) is 11.3. The molecule has 0 saturated carbocycles. The highest BCUT2D eigenvalue weighted by atomic mass is 32.1. The number of unbranched alkanes of at least 4 members (excludes halogenated alkanes) is 3. The Kier molecular flexibility index (Phi) is 5.62. The number of methoxy groups -OCH3 is 1. The Morgan fingerprint density at radius 1 is 1.37 bits per heavy atom. The molecule has 0 unspecified atom stereocenters. The van der Waals surface area contributed by atoms with E-state index in [1.54, 1.807) is 18.4 Å². The fourth-order valence-electron chi connectivity index (χ4n) is 2.06. The number of hydrogen-bond acceptors (Lipinski definition) is 5. The quantitative estimate of drug-likeness (QED) is 0.692. The molecule has 0 saturated heterocycles. The van der Waals surface area contributed by atoms with Gasteiger partial charge in [0.25, 0.3) is 0 Å². The van der Waals surface area contributed by atoms with E-state index in [0.29, 0.717) is 12.5 Å². The van der Waals surface area contributed by atoms with E-state index in [4.69, 9.17) is 9.84 Å². The molecule has 0 fully saturated rings. The van der Waals surface area contributed by atoms with Crippen LogP contribution in [0.1, 0.15) is 31.4 Å². The van der Waals surface area contributed by atoms with Crippen LogP contribution in [0.4, 0.5) is 0 Å². The van der Waals surface area contributed by atoms with E-state index in [9.17, 15) is 0 Å².